The third-order valence-electron chi connectivity index (χ3n) is 4.97. The number of nitrogens with zero attached hydrogens (tertiary/aromatic N) is 6. The van der Waals surface area contributed by atoms with Crippen LogP contribution in [0.3, 0.4) is 0 Å². The summed E-state index contributed by atoms with van der Waals surface area (Å²) in [6, 6.07) is 12.3. The van der Waals surface area contributed by atoms with Crippen molar-refractivity contribution in [3.8, 4) is 16.5 Å². The smallest absolute Gasteiger partial charge is 0.257 e. The molecule has 1 aliphatic heterocycles. The number of aromatic nitrogens is 5. The number of thiophene rings is 1. The summed E-state index contributed by atoms with van der Waals surface area (Å²) in [4.78, 5) is 3.18. The van der Waals surface area contributed by atoms with E-state index in [1.165, 1.54) is 5.56 Å². The molecule has 0 N–H and O–H groups in total. The van der Waals surface area contributed by atoms with Gasteiger partial charge < -0.3 is 14.1 Å². The fourth-order valence-electron chi connectivity index (χ4n) is 3.41. The van der Waals surface area contributed by atoms with Crippen molar-refractivity contribution in [1.82, 2.24) is 25.0 Å². The molecule has 0 unspecified atom stereocenters. The molecule has 1 saturated heterocycles. The summed E-state index contributed by atoms with van der Waals surface area (Å²) in [5, 5.41) is 20.2. The summed E-state index contributed by atoms with van der Waals surface area (Å²) >= 11 is 3.14. The molecule has 1 atom stereocenters. The van der Waals surface area contributed by atoms with Gasteiger partial charge in [-0.3, -0.25) is 4.57 Å². The normalized spacial score (nSPS) is 15.4. The van der Waals surface area contributed by atoms with Gasteiger partial charge in [-0.25, -0.2) is 0 Å². The van der Waals surface area contributed by atoms with Gasteiger partial charge in [-0.1, -0.05) is 30.0 Å². The first-order valence-electron chi connectivity index (χ1n) is 10.1. The quantitative estimate of drug-likeness (QED) is 0.397. The Labute approximate surface area is 188 Å². The van der Waals surface area contributed by atoms with E-state index in [1.54, 1.807) is 23.1 Å². The van der Waals surface area contributed by atoms with Gasteiger partial charge in [-0.05, 0) is 43.0 Å². The molecule has 8 nitrogen and oxygen atoms in total. The molecule has 31 heavy (non-hydrogen) atoms. The van der Waals surface area contributed by atoms with E-state index in [1.807, 2.05) is 24.4 Å². The fraction of sp³-hybridized carbons (Fsp3) is 0.333. The van der Waals surface area contributed by atoms with Gasteiger partial charge in [0.05, 0.1) is 29.0 Å². The Hall–Kier alpha value is -2.69. The average Bonchev–Trinajstić information content (AvgIpc) is 3.54. The highest BCUT2D eigenvalue weighted by Gasteiger charge is 2.25. The molecule has 10 heteroatoms. The third kappa shape index (κ3) is 4.23. The Kier molecular flexibility index (Phi) is 5.75. The van der Waals surface area contributed by atoms with E-state index in [0.29, 0.717) is 25.0 Å². The predicted molar refractivity (Wildman–Crippen MR) is 121 cm³/mol. The SMILES string of the molecule is Cc1cccc(-n2c(S[C@@H](C)c3nnc(-c4cccs4)o3)nnc2N2CCOCC2)c1. The molecule has 1 aliphatic rings. The van der Waals surface area contributed by atoms with Crippen molar-refractivity contribution in [2.75, 3.05) is 31.2 Å². The van der Waals surface area contributed by atoms with Crippen molar-refractivity contribution < 1.29 is 9.15 Å². The molecule has 3 aromatic heterocycles. The minimum Gasteiger partial charge on any atom is -0.419 e. The molecular formula is C21H22N6O2S2. The first-order chi connectivity index (χ1) is 15.2. The van der Waals surface area contributed by atoms with E-state index in [2.05, 4.69) is 61.1 Å². The number of rotatable bonds is 6. The molecule has 1 aromatic carbocycles. The number of morpholine rings is 1. The van der Waals surface area contributed by atoms with E-state index in [4.69, 9.17) is 9.15 Å². The Bertz CT molecular complexity index is 1150. The van der Waals surface area contributed by atoms with Crippen LogP contribution in [-0.2, 0) is 4.74 Å². The molecule has 0 aliphatic carbocycles. The van der Waals surface area contributed by atoms with Gasteiger partial charge in [0.1, 0.15) is 0 Å². The molecule has 5 rings (SSSR count). The van der Waals surface area contributed by atoms with Gasteiger partial charge in [0.15, 0.2) is 5.16 Å². The van der Waals surface area contributed by atoms with Crippen LogP contribution in [0.5, 0.6) is 0 Å². The van der Waals surface area contributed by atoms with Gasteiger partial charge >= 0.3 is 0 Å². The number of aryl methyl sites for hydroxylation is 1. The van der Waals surface area contributed by atoms with E-state index in [-0.39, 0.29) is 5.25 Å². The number of anilines is 1. The minimum absolute atomic E-state index is 0.0773. The standard InChI is InChI=1S/C21H22N6O2S2/c1-14-5-3-6-16(13-14)27-20(26-8-10-28-11-9-26)24-25-21(27)31-15(2)18-22-23-19(29-18)17-7-4-12-30-17/h3-7,12-13,15H,8-11H2,1-2H3/t15-/m0/s1. The lowest BCUT2D eigenvalue weighted by Crippen LogP contribution is -2.37. The highest BCUT2D eigenvalue weighted by atomic mass is 32.2. The molecule has 0 radical (unpaired) electrons. The van der Waals surface area contributed by atoms with Gasteiger partial charge in [0.2, 0.25) is 11.8 Å². The van der Waals surface area contributed by atoms with Crippen LogP contribution in [-0.4, -0.2) is 51.3 Å². The van der Waals surface area contributed by atoms with Crippen LogP contribution in [0.25, 0.3) is 16.5 Å². The average molecular weight is 455 g/mol. The van der Waals surface area contributed by atoms with Crippen LogP contribution in [0.15, 0.2) is 51.4 Å². The fourth-order valence-corrected chi connectivity index (χ4v) is 4.94. The second-order valence-electron chi connectivity index (χ2n) is 7.24. The summed E-state index contributed by atoms with van der Waals surface area (Å²) in [6.07, 6.45) is 0. The predicted octanol–water partition coefficient (Wildman–Crippen LogP) is 4.38. The van der Waals surface area contributed by atoms with Gasteiger partial charge in [0.25, 0.3) is 5.89 Å². The van der Waals surface area contributed by atoms with E-state index in [0.717, 1.165) is 34.8 Å². The minimum atomic E-state index is -0.0773. The Morgan fingerprint density at radius 1 is 1.06 bits per heavy atom. The summed E-state index contributed by atoms with van der Waals surface area (Å²) in [5.41, 5.74) is 2.21. The molecule has 0 bridgehead atoms. The van der Waals surface area contributed by atoms with Crippen LogP contribution in [0.4, 0.5) is 5.95 Å². The Morgan fingerprint density at radius 2 is 1.94 bits per heavy atom. The van der Waals surface area contributed by atoms with Crippen molar-refractivity contribution in [1.29, 1.82) is 0 Å². The maximum Gasteiger partial charge on any atom is 0.257 e. The first kappa shape index (κ1) is 20.2. The zero-order valence-electron chi connectivity index (χ0n) is 17.3. The summed E-state index contributed by atoms with van der Waals surface area (Å²) in [5.74, 6) is 1.94. The lowest BCUT2D eigenvalue weighted by molar-refractivity contribution is 0.122. The van der Waals surface area contributed by atoms with Crippen molar-refractivity contribution >= 4 is 29.0 Å². The highest BCUT2D eigenvalue weighted by molar-refractivity contribution is 7.99. The first-order valence-corrected chi connectivity index (χ1v) is 11.8. The van der Waals surface area contributed by atoms with Crippen LogP contribution in [0.1, 0.15) is 23.6 Å². The highest BCUT2D eigenvalue weighted by Crippen LogP contribution is 2.37. The number of hydrogen-bond acceptors (Lipinski definition) is 9. The summed E-state index contributed by atoms with van der Waals surface area (Å²) in [6.45, 7) is 7.08. The van der Waals surface area contributed by atoms with Crippen molar-refractivity contribution in [2.24, 2.45) is 0 Å². The number of benzene rings is 1. The Morgan fingerprint density at radius 3 is 2.71 bits per heavy atom. The number of ether oxygens (including phenoxy) is 1. The summed E-state index contributed by atoms with van der Waals surface area (Å²) in [7, 11) is 0. The molecule has 0 spiro atoms. The van der Waals surface area contributed by atoms with Gasteiger partial charge in [-0.15, -0.1) is 31.7 Å². The van der Waals surface area contributed by atoms with E-state index >= 15 is 0 Å². The van der Waals surface area contributed by atoms with Crippen LogP contribution >= 0.6 is 23.1 Å². The molecule has 1 fully saturated rings. The maximum absolute atomic E-state index is 5.93. The largest absolute Gasteiger partial charge is 0.419 e. The van der Waals surface area contributed by atoms with Gasteiger partial charge in [0, 0.05) is 13.1 Å². The summed E-state index contributed by atoms with van der Waals surface area (Å²) < 4.78 is 13.6. The molecule has 4 heterocycles. The molecule has 4 aromatic rings. The molecule has 0 amide bonds. The zero-order valence-corrected chi connectivity index (χ0v) is 18.9. The lowest BCUT2D eigenvalue weighted by Gasteiger charge is -2.28. The Balaban J connectivity index is 1.46. The molecule has 160 valence electrons. The van der Waals surface area contributed by atoms with Crippen LogP contribution in [0.2, 0.25) is 0 Å². The van der Waals surface area contributed by atoms with Crippen molar-refractivity contribution in [3.63, 3.8) is 0 Å². The zero-order chi connectivity index (χ0) is 21.2. The lowest BCUT2D eigenvalue weighted by atomic mass is 10.2. The van der Waals surface area contributed by atoms with Crippen molar-refractivity contribution in [2.45, 2.75) is 24.3 Å². The van der Waals surface area contributed by atoms with Crippen LogP contribution in [0, 0.1) is 6.92 Å². The monoisotopic (exact) mass is 454 g/mol. The number of thioether (sulfide) groups is 1. The maximum atomic E-state index is 5.93. The van der Waals surface area contributed by atoms with E-state index < -0.39 is 0 Å². The molecular weight excluding hydrogens is 432 g/mol. The molecule has 0 saturated carbocycles. The number of hydrogen-bond donors (Lipinski definition) is 0. The van der Waals surface area contributed by atoms with E-state index in [9.17, 15) is 0 Å². The third-order valence-corrected chi connectivity index (χ3v) is 6.86. The second kappa shape index (κ2) is 8.81. The van der Waals surface area contributed by atoms with Crippen molar-refractivity contribution in [3.05, 3.63) is 53.2 Å². The van der Waals surface area contributed by atoms with Crippen LogP contribution < -0.4 is 4.90 Å². The van der Waals surface area contributed by atoms with Gasteiger partial charge in [-0.2, -0.15) is 0 Å². The second-order valence-corrected chi connectivity index (χ2v) is 9.49. The topological polar surface area (TPSA) is 82.1 Å².